The second-order valence-electron chi connectivity index (χ2n) is 6.68. The number of hydrogen-bond donors (Lipinski definition) is 2. The predicted molar refractivity (Wildman–Crippen MR) is 111 cm³/mol. The first-order chi connectivity index (χ1) is 14.3. The molecule has 2 aromatic carbocycles. The van der Waals surface area contributed by atoms with Gasteiger partial charge in [0.05, 0.1) is 4.92 Å². The van der Waals surface area contributed by atoms with Crippen LogP contribution in [0.1, 0.15) is 30.4 Å². The summed E-state index contributed by atoms with van der Waals surface area (Å²) in [5.74, 6) is -1.43. The van der Waals surface area contributed by atoms with Gasteiger partial charge in [0.15, 0.2) is 6.61 Å². The standard InChI is InChI=1S/C21H23N3O6/c1-14-6-3-4-7-17(14)23-19(25)8-5-9-21(27)30-13-20(26)22-16-11-10-15(2)18(12-16)24(28)29/h3-4,6-7,10-12H,5,8-9,13H2,1-2H3,(H,22,26)(H,23,25). The van der Waals surface area contributed by atoms with E-state index in [1.807, 2.05) is 25.1 Å². The molecule has 0 heterocycles. The van der Waals surface area contributed by atoms with Gasteiger partial charge >= 0.3 is 5.97 Å². The molecule has 0 aliphatic heterocycles. The number of hydrogen-bond acceptors (Lipinski definition) is 6. The van der Waals surface area contributed by atoms with Crippen LogP contribution in [0.3, 0.4) is 0 Å². The van der Waals surface area contributed by atoms with E-state index in [0.29, 0.717) is 5.56 Å². The van der Waals surface area contributed by atoms with Gasteiger partial charge in [0.25, 0.3) is 11.6 Å². The van der Waals surface area contributed by atoms with Crippen LogP contribution in [-0.2, 0) is 19.1 Å². The smallest absolute Gasteiger partial charge is 0.306 e. The van der Waals surface area contributed by atoms with Gasteiger partial charge in [0, 0.05) is 35.8 Å². The minimum Gasteiger partial charge on any atom is -0.456 e. The quantitative estimate of drug-likeness (QED) is 0.368. The third-order valence-corrected chi connectivity index (χ3v) is 4.26. The highest BCUT2D eigenvalue weighted by atomic mass is 16.6. The summed E-state index contributed by atoms with van der Waals surface area (Å²) < 4.78 is 4.88. The first kappa shape index (κ1) is 22.5. The highest BCUT2D eigenvalue weighted by Crippen LogP contribution is 2.22. The molecule has 2 aromatic rings. The first-order valence-electron chi connectivity index (χ1n) is 9.32. The lowest BCUT2D eigenvalue weighted by atomic mass is 10.2. The molecular formula is C21H23N3O6. The Bertz CT molecular complexity index is 958. The van der Waals surface area contributed by atoms with Crippen LogP contribution in [0.25, 0.3) is 0 Å². The summed E-state index contributed by atoms with van der Waals surface area (Å²) in [5, 5.41) is 16.2. The summed E-state index contributed by atoms with van der Waals surface area (Å²) in [6.07, 6.45) is 0.412. The van der Waals surface area contributed by atoms with Gasteiger partial charge in [0.1, 0.15) is 0 Å². The number of nitro benzene ring substituents is 1. The van der Waals surface area contributed by atoms with E-state index in [1.165, 1.54) is 18.2 Å². The molecule has 0 atom stereocenters. The molecular weight excluding hydrogens is 390 g/mol. The number of ether oxygens (including phenoxy) is 1. The average Bonchev–Trinajstić information content (AvgIpc) is 2.69. The molecule has 2 N–H and O–H groups in total. The van der Waals surface area contributed by atoms with Gasteiger partial charge in [-0.15, -0.1) is 0 Å². The van der Waals surface area contributed by atoms with E-state index in [9.17, 15) is 24.5 Å². The number of amides is 2. The van der Waals surface area contributed by atoms with E-state index in [4.69, 9.17) is 4.74 Å². The highest BCUT2D eigenvalue weighted by Gasteiger charge is 2.14. The molecule has 0 bridgehead atoms. The van der Waals surface area contributed by atoms with E-state index in [1.54, 1.807) is 13.0 Å². The van der Waals surface area contributed by atoms with Gasteiger partial charge in [-0.3, -0.25) is 24.5 Å². The Kier molecular flexibility index (Phi) is 8.04. The van der Waals surface area contributed by atoms with Gasteiger partial charge in [-0.25, -0.2) is 0 Å². The van der Waals surface area contributed by atoms with Gasteiger partial charge in [-0.2, -0.15) is 0 Å². The van der Waals surface area contributed by atoms with Gasteiger partial charge in [0.2, 0.25) is 5.91 Å². The maximum atomic E-state index is 11.9. The number of rotatable bonds is 9. The highest BCUT2D eigenvalue weighted by molar-refractivity contribution is 5.93. The minimum absolute atomic E-state index is 0.00945. The third-order valence-electron chi connectivity index (χ3n) is 4.26. The first-order valence-corrected chi connectivity index (χ1v) is 9.32. The molecule has 9 nitrogen and oxygen atoms in total. The van der Waals surface area contributed by atoms with E-state index >= 15 is 0 Å². The fourth-order valence-electron chi connectivity index (χ4n) is 2.62. The Morgan fingerprint density at radius 2 is 1.70 bits per heavy atom. The fraction of sp³-hybridized carbons (Fsp3) is 0.286. The molecule has 0 unspecified atom stereocenters. The van der Waals surface area contributed by atoms with Crippen molar-refractivity contribution in [3.8, 4) is 0 Å². The SMILES string of the molecule is Cc1ccccc1NC(=O)CCCC(=O)OCC(=O)Nc1ccc(C)c([N+](=O)[O-])c1. The summed E-state index contributed by atoms with van der Waals surface area (Å²) in [6.45, 7) is 2.95. The number of esters is 1. The van der Waals surface area contributed by atoms with E-state index < -0.39 is 23.4 Å². The van der Waals surface area contributed by atoms with Crippen molar-refractivity contribution in [2.45, 2.75) is 33.1 Å². The summed E-state index contributed by atoms with van der Waals surface area (Å²) in [7, 11) is 0. The molecule has 30 heavy (non-hydrogen) atoms. The average molecular weight is 413 g/mol. The van der Waals surface area contributed by atoms with Gasteiger partial charge < -0.3 is 15.4 Å². The number of nitrogens with one attached hydrogen (secondary N) is 2. The number of anilines is 2. The van der Waals surface area contributed by atoms with Crippen molar-refractivity contribution in [3.05, 3.63) is 63.7 Å². The number of aryl methyl sites for hydroxylation is 2. The molecule has 0 aliphatic carbocycles. The summed E-state index contributed by atoms with van der Waals surface area (Å²) in [5.41, 5.74) is 2.25. The van der Waals surface area contributed by atoms with Crippen molar-refractivity contribution in [1.29, 1.82) is 0 Å². The van der Waals surface area contributed by atoms with Crippen molar-refractivity contribution in [2.75, 3.05) is 17.2 Å². The van der Waals surface area contributed by atoms with Crippen LogP contribution in [-0.4, -0.2) is 29.3 Å². The van der Waals surface area contributed by atoms with Crippen LogP contribution in [0.5, 0.6) is 0 Å². The second-order valence-corrected chi connectivity index (χ2v) is 6.68. The van der Waals surface area contributed by atoms with Crippen LogP contribution in [0.4, 0.5) is 17.1 Å². The normalized spacial score (nSPS) is 10.2. The number of benzene rings is 2. The summed E-state index contributed by atoms with van der Waals surface area (Å²) >= 11 is 0. The number of nitro groups is 1. The second kappa shape index (κ2) is 10.7. The third kappa shape index (κ3) is 7.01. The lowest BCUT2D eigenvalue weighted by Crippen LogP contribution is -2.21. The lowest BCUT2D eigenvalue weighted by molar-refractivity contribution is -0.385. The van der Waals surface area contributed by atoms with Crippen LogP contribution in [0.15, 0.2) is 42.5 Å². The summed E-state index contributed by atoms with van der Waals surface area (Å²) in [4.78, 5) is 46.0. The molecule has 0 aliphatic rings. The number of carbonyl (C=O) groups excluding carboxylic acids is 3. The molecule has 0 spiro atoms. The predicted octanol–water partition coefficient (Wildman–Crippen LogP) is 3.50. The van der Waals surface area contributed by atoms with Crippen molar-refractivity contribution in [2.24, 2.45) is 0 Å². The molecule has 9 heteroatoms. The molecule has 0 aromatic heterocycles. The Balaban J connectivity index is 1.70. The monoisotopic (exact) mass is 413 g/mol. The van der Waals surface area contributed by atoms with E-state index in [-0.39, 0.29) is 36.5 Å². The minimum atomic E-state index is -0.612. The van der Waals surface area contributed by atoms with Gasteiger partial charge in [-0.1, -0.05) is 24.3 Å². The molecule has 0 saturated carbocycles. The van der Waals surface area contributed by atoms with Crippen molar-refractivity contribution < 1.29 is 24.0 Å². The fourth-order valence-corrected chi connectivity index (χ4v) is 2.62. The van der Waals surface area contributed by atoms with Crippen LogP contribution in [0, 0.1) is 24.0 Å². The molecule has 0 saturated heterocycles. The largest absolute Gasteiger partial charge is 0.456 e. The van der Waals surface area contributed by atoms with Crippen molar-refractivity contribution in [1.82, 2.24) is 0 Å². The van der Waals surface area contributed by atoms with E-state index in [0.717, 1.165) is 11.3 Å². The number of carbonyl (C=O) groups is 3. The molecule has 0 radical (unpaired) electrons. The number of para-hydroxylation sites is 1. The Morgan fingerprint density at radius 3 is 2.40 bits per heavy atom. The zero-order valence-electron chi connectivity index (χ0n) is 16.8. The lowest BCUT2D eigenvalue weighted by Gasteiger charge is -2.08. The Morgan fingerprint density at radius 1 is 0.967 bits per heavy atom. The zero-order valence-corrected chi connectivity index (χ0v) is 16.8. The van der Waals surface area contributed by atoms with Gasteiger partial charge in [-0.05, 0) is 38.0 Å². The Hall–Kier alpha value is -3.75. The van der Waals surface area contributed by atoms with Crippen molar-refractivity contribution >= 4 is 34.8 Å². The maximum Gasteiger partial charge on any atom is 0.306 e. The summed E-state index contributed by atoms with van der Waals surface area (Å²) in [6, 6.07) is 11.6. The van der Waals surface area contributed by atoms with Crippen LogP contribution < -0.4 is 10.6 Å². The topological polar surface area (TPSA) is 128 Å². The molecule has 2 rings (SSSR count). The molecule has 158 valence electrons. The van der Waals surface area contributed by atoms with Crippen LogP contribution in [0.2, 0.25) is 0 Å². The maximum absolute atomic E-state index is 11.9. The zero-order chi connectivity index (χ0) is 22.1. The van der Waals surface area contributed by atoms with E-state index in [2.05, 4.69) is 10.6 Å². The van der Waals surface area contributed by atoms with Crippen LogP contribution >= 0.6 is 0 Å². The molecule has 2 amide bonds. The molecule has 0 fully saturated rings. The van der Waals surface area contributed by atoms with Crippen molar-refractivity contribution in [3.63, 3.8) is 0 Å². The number of nitrogens with zero attached hydrogens (tertiary/aromatic N) is 1. The Labute approximate surface area is 173 Å².